The number of amides is 1. The summed E-state index contributed by atoms with van der Waals surface area (Å²) in [5.41, 5.74) is 4.75. The van der Waals surface area contributed by atoms with Crippen LogP contribution < -0.4 is 10.0 Å². The molecule has 0 unspecified atom stereocenters. The monoisotopic (exact) mass is 456 g/mol. The second-order valence-corrected chi connectivity index (χ2v) is 9.71. The second kappa shape index (κ2) is 9.12. The van der Waals surface area contributed by atoms with Gasteiger partial charge >= 0.3 is 0 Å². The first kappa shape index (κ1) is 22.8. The van der Waals surface area contributed by atoms with Gasteiger partial charge in [-0.3, -0.25) is 9.52 Å². The van der Waals surface area contributed by atoms with Gasteiger partial charge in [0, 0.05) is 11.3 Å². The van der Waals surface area contributed by atoms with E-state index >= 15 is 0 Å². The Kier molecular flexibility index (Phi) is 6.72. The van der Waals surface area contributed by atoms with Crippen molar-refractivity contribution in [3.8, 4) is 0 Å². The summed E-state index contributed by atoms with van der Waals surface area (Å²) in [6.45, 7) is 7.72. The fraction of sp³-hybridized carbons (Fsp3) is 0.208. The van der Waals surface area contributed by atoms with Crippen molar-refractivity contribution in [1.29, 1.82) is 0 Å². The normalized spacial score (nSPS) is 12.3. The van der Waals surface area contributed by atoms with Crippen LogP contribution in [0, 0.1) is 20.8 Å². The van der Waals surface area contributed by atoms with E-state index in [0.717, 1.165) is 22.3 Å². The van der Waals surface area contributed by atoms with Crippen molar-refractivity contribution in [2.75, 3.05) is 4.72 Å². The molecule has 0 aliphatic heterocycles. The third-order valence-electron chi connectivity index (χ3n) is 5.17. The van der Waals surface area contributed by atoms with Crippen LogP contribution in [-0.2, 0) is 10.0 Å². The number of halogens is 1. The molecule has 0 aliphatic carbocycles. The largest absolute Gasteiger partial charge is 0.346 e. The number of hydrogen-bond donors (Lipinski definition) is 2. The molecule has 3 rings (SSSR count). The number of carbonyl (C=O) groups is 1. The molecule has 0 spiro atoms. The SMILES string of the molecule is Cc1ccc([C@@H](C)NC(=O)c2ccc(Cl)c(S(=O)(=O)Nc3ccc(C)c(C)c3)c2)cc1. The molecule has 0 radical (unpaired) electrons. The zero-order valence-corrected chi connectivity index (χ0v) is 19.4. The molecule has 0 bridgehead atoms. The minimum Gasteiger partial charge on any atom is -0.346 e. The number of aryl methyl sites for hydroxylation is 3. The van der Waals surface area contributed by atoms with Gasteiger partial charge < -0.3 is 5.32 Å². The number of nitrogens with one attached hydrogen (secondary N) is 2. The van der Waals surface area contributed by atoms with Crippen molar-refractivity contribution in [2.45, 2.75) is 38.6 Å². The zero-order valence-electron chi connectivity index (χ0n) is 17.9. The zero-order chi connectivity index (χ0) is 22.8. The molecule has 0 heterocycles. The quantitative estimate of drug-likeness (QED) is 0.510. The molecule has 162 valence electrons. The van der Waals surface area contributed by atoms with Crippen LogP contribution >= 0.6 is 11.6 Å². The summed E-state index contributed by atoms with van der Waals surface area (Å²) in [6, 6.07) is 17.1. The minimum atomic E-state index is -3.98. The molecular weight excluding hydrogens is 432 g/mol. The number of rotatable bonds is 6. The molecular formula is C24H25ClN2O3S. The molecule has 0 aliphatic rings. The lowest BCUT2D eigenvalue weighted by Crippen LogP contribution is -2.27. The Hall–Kier alpha value is -2.83. The summed E-state index contributed by atoms with van der Waals surface area (Å²) in [7, 11) is -3.98. The van der Waals surface area contributed by atoms with Gasteiger partial charge in [-0.15, -0.1) is 0 Å². The van der Waals surface area contributed by atoms with E-state index in [-0.39, 0.29) is 27.4 Å². The van der Waals surface area contributed by atoms with Crippen LogP contribution in [0.2, 0.25) is 5.02 Å². The van der Waals surface area contributed by atoms with Crippen LogP contribution in [0.3, 0.4) is 0 Å². The van der Waals surface area contributed by atoms with Crippen LogP contribution in [0.15, 0.2) is 65.6 Å². The van der Waals surface area contributed by atoms with Crippen LogP contribution in [0.4, 0.5) is 5.69 Å². The lowest BCUT2D eigenvalue weighted by molar-refractivity contribution is 0.0939. The molecule has 1 amide bonds. The van der Waals surface area contributed by atoms with Gasteiger partial charge in [0.2, 0.25) is 0 Å². The topological polar surface area (TPSA) is 75.3 Å². The highest BCUT2D eigenvalue weighted by molar-refractivity contribution is 7.92. The summed E-state index contributed by atoms with van der Waals surface area (Å²) in [5.74, 6) is -0.382. The van der Waals surface area contributed by atoms with Gasteiger partial charge in [0.25, 0.3) is 15.9 Å². The molecule has 5 nitrogen and oxygen atoms in total. The van der Waals surface area contributed by atoms with Gasteiger partial charge in [-0.2, -0.15) is 0 Å². The van der Waals surface area contributed by atoms with E-state index in [1.54, 1.807) is 12.1 Å². The molecule has 0 fully saturated rings. The average molecular weight is 457 g/mol. The van der Waals surface area contributed by atoms with Gasteiger partial charge in [0.05, 0.1) is 11.1 Å². The molecule has 3 aromatic carbocycles. The maximum atomic E-state index is 12.9. The predicted octanol–water partition coefficient (Wildman–Crippen LogP) is 5.56. The van der Waals surface area contributed by atoms with E-state index < -0.39 is 10.0 Å². The maximum Gasteiger partial charge on any atom is 0.263 e. The molecule has 7 heteroatoms. The van der Waals surface area contributed by atoms with Crippen molar-refractivity contribution < 1.29 is 13.2 Å². The van der Waals surface area contributed by atoms with Crippen LogP contribution in [0.1, 0.15) is 45.6 Å². The third kappa shape index (κ3) is 5.46. The number of anilines is 1. The van der Waals surface area contributed by atoms with E-state index in [4.69, 9.17) is 11.6 Å². The Morgan fingerprint density at radius 2 is 1.58 bits per heavy atom. The first-order valence-electron chi connectivity index (χ1n) is 9.84. The van der Waals surface area contributed by atoms with Gasteiger partial charge in [0.1, 0.15) is 4.90 Å². The minimum absolute atomic E-state index is 0.0412. The Labute approximate surface area is 188 Å². The molecule has 0 saturated heterocycles. The molecule has 2 N–H and O–H groups in total. The van der Waals surface area contributed by atoms with Gasteiger partial charge in [0.15, 0.2) is 0 Å². The fourth-order valence-electron chi connectivity index (χ4n) is 3.08. The van der Waals surface area contributed by atoms with Crippen LogP contribution in [0.5, 0.6) is 0 Å². The van der Waals surface area contributed by atoms with Crippen LogP contribution in [0.25, 0.3) is 0 Å². The number of carbonyl (C=O) groups excluding carboxylic acids is 1. The van der Waals surface area contributed by atoms with Crippen molar-refractivity contribution in [3.63, 3.8) is 0 Å². The number of sulfonamides is 1. The molecule has 3 aromatic rings. The average Bonchev–Trinajstić information content (AvgIpc) is 2.71. The van der Waals surface area contributed by atoms with Crippen molar-refractivity contribution >= 4 is 33.2 Å². The lowest BCUT2D eigenvalue weighted by Gasteiger charge is -2.16. The first-order valence-corrected chi connectivity index (χ1v) is 11.7. The van der Waals surface area contributed by atoms with Crippen LogP contribution in [-0.4, -0.2) is 14.3 Å². The Balaban J connectivity index is 1.83. The second-order valence-electron chi connectivity index (χ2n) is 7.66. The lowest BCUT2D eigenvalue weighted by atomic mass is 10.1. The summed E-state index contributed by atoms with van der Waals surface area (Å²) in [6.07, 6.45) is 0. The van der Waals surface area contributed by atoms with E-state index in [1.165, 1.54) is 18.2 Å². The number of hydrogen-bond acceptors (Lipinski definition) is 3. The van der Waals surface area contributed by atoms with E-state index in [0.29, 0.717) is 5.69 Å². The molecule has 1 atom stereocenters. The summed E-state index contributed by atoms with van der Waals surface area (Å²) < 4.78 is 28.4. The summed E-state index contributed by atoms with van der Waals surface area (Å²) in [4.78, 5) is 12.6. The number of benzene rings is 3. The van der Waals surface area contributed by atoms with Crippen molar-refractivity contribution in [1.82, 2.24) is 5.32 Å². The fourth-order valence-corrected chi connectivity index (χ4v) is 4.66. The molecule has 31 heavy (non-hydrogen) atoms. The summed E-state index contributed by atoms with van der Waals surface area (Å²) >= 11 is 6.17. The van der Waals surface area contributed by atoms with E-state index in [2.05, 4.69) is 10.0 Å². The Bertz CT molecular complexity index is 1220. The highest BCUT2D eigenvalue weighted by atomic mass is 35.5. The van der Waals surface area contributed by atoms with Gasteiger partial charge in [-0.1, -0.05) is 47.5 Å². The molecule has 0 saturated carbocycles. The Morgan fingerprint density at radius 3 is 2.23 bits per heavy atom. The smallest absolute Gasteiger partial charge is 0.263 e. The highest BCUT2D eigenvalue weighted by Gasteiger charge is 2.21. The predicted molar refractivity (Wildman–Crippen MR) is 125 cm³/mol. The van der Waals surface area contributed by atoms with E-state index in [1.807, 2.05) is 58.0 Å². The first-order chi connectivity index (χ1) is 14.6. The maximum absolute atomic E-state index is 12.9. The van der Waals surface area contributed by atoms with Crippen molar-refractivity contribution in [3.05, 3.63) is 93.5 Å². The highest BCUT2D eigenvalue weighted by Crippen LogP contribution is 2.26. The standard InChI is InChI=1S/C24H25ClN2O3S/c1-15-5-8-19(9-6-15)18(4)26-24(28)20-10-12-22(25)23(14-20)31(29,30)27-21-11-7-16(2)17(3)13-21/h5-14,18,27H,1-4H3,(H,26,28)/t18-/m1/s1. The van der Waals surface area contributed by atoms with Gasteiger partial charge in [-0.25, -0.2) is 8.42 Å². The summed E-state index contributed by atoms with van der Waals surface area (Å²) in [5, 5.41) is 2.94. The Morgan fingerprint density at radius 1 is 0.903 bits per heavy atom. The molecule has 0 aromatic heterocycles. The van der Waals surface area contributed by atoms with Gasteiger partial charge in [-0.05, 0) is 74.7 Å². The third-order valence-corrected chi connectivity index (χ3v) is 7.03. The van der Waals surface area contributed by atoms with E-state index in [9.17, 15) is 13.2 Å². The van der Waals surface area contributed by atoms with Crippen molar-refractivity contribution in [2.24, 2.45) is 0 Å².